The SMILES string of the molecule is C[C@H]1CN(c2n[nH]c(-c3ccccc3Br)n2)CCN1. The molecule has 2 N–H and O–H groups in total. The van der Waals surface area contributed by atoms with Crippen molar-refractivity contribution in [3.8, 4) is 11.4 Å². The Labute approximate surface area is 120 Å². The van der Waals surface area contributed by atoms with Crippen molar-refractivity contribution < 1.29 is 0 Å². The molecule has 3 rings (SSSR count). The van der Waals surface area contributed by atoms with E-state index < -0.39 is 0 Å². The average molecular weight is 322 g/mol. The van der Waals surface area contributed by atoms with Gasteiger partial charge in [-0.05, 0) is 13.0 Å². The van der Waals surface area contributed by atoms with Gasteiger partial charge in [-0.15, -0.1) is 5.10 Å². The van der Waals surface area contributed by atoms with Gasteiger partial charge in [0.15, 0.2) is 5.82 Å². The number of nitrogens with zero attached hydrogens (tertiary/aromatic N) is 3. The van der Waals surface area contributed by atoms with Crippen LogP contribution < -0.4 is 10.2 Å². The number of hydrogen-bond donors (Lipinski definition) is 2. The second-order valence-corrected chi connectivity index (χ2v) is 5.62. The molecule has 5 nitrogen and oxygen atoms in total. The van der Waals surface area contributed by atoms with Crippen LogP contribution in [0.1, 0.15) is 6.92 Å². The van der Waals surface area contributed by atoms with E-state index in [0.29, 0.717) is 6.04 Å². The summed E-state index contributed by atoms with van der Waals surface area (Å²) < 4.78 is 1.02. The number of piperazine rings is 1. The van der Waals surface area contributed by atoms with E-state index in [1.165, 1.54) is 0 Å². The lowest BCUT2D eigenvalue weighted by Gasteiger charge is -2.30. The maximum absolute atomic E-state index is 4.60. The minimum absolute atomic E-state index is 0.471. The summed E-state index contributed by atoms with van der Waals surface area (Å²) in [4.78, 5) is 6.81. The Morgan fingerprint density at radius 2 is 2.21 bits per heavy atom. The number of H-pyrrole nitrogens is 1. The van der Waals surface area contributed by atoms with E-state index >= 15 is 0 Å². The molecule has 0 aliphatic carbocycles. The number of rotatable bonds is 2. The molecule has 1 fully saturated rings. The minimum Gasteiger partial charge on any atom is -0.337 e. The summed E-state index contributed by atoms with van der Waals surface area (Å²) in [6.45, 7) is 5.03. The molecule has 0 radical (unpaired) electrons. The van der Waals surface area contributed by atoms with Crippen LogP contribution in [0.25, 0.3) is 11.4 Å². The van der Waals surface area contributed by atoms with Crippen molar-refractivity contribution in [3.05, 3.63) is 28.7 Å². The molecule has 100 valence electrons. The van der Waals surface area contributed by atoms with Gasteiger partial charge in [0, 0.05) is 35.7 Å². The molecule has 1 atom stereocenters. The van der Waals surface area contributed by atoms with Crippen LogP contribution in [0, 0.1) is 0 Å². The van der Waals surface area contributed by atoms with Gasteiger partial charge in [0.1, 0.15) is 0 Å². The highest BCUT2D eigenvalue weighted by atomic mass is 79.9. The third kappa shape index (κ3) is 2.64. The van der Waals surface area contributed by atoms with Crippen molar-refractivity contribution in [3.63, 3.8) is 0 Å². The highest BCUT2D eigenvalue weighted by Crippen LogP contribution is 2.26. The zero-order valence-corrected chi connectivity index (χ0v) is 12.3. The van der Waals surface area contributed by atoms with Crippen molar-refractivity contribution in [2.24, 2.45) is 0 Å². The molecular weight excluding hydrogens is 306 g/mol. The van der Waals surface area contributed by atoms with E-state index in [1.54, 1.807) is 0 Å². The van der Waals surface area contributed by atoms with Gasteiger partial charge in [-0.25, -0.2) is 0 Å². The largest absolute Gasteiger partial charge is 0.337 e. The lowest BCUT2D eigenvalue weighted by Crippen LogP contribution is -2.49. The Balaban J connectivity index is 1.85. The maximum Gasteiger partial charge on any atom is 0.245 e. The first-order chi connectivity index (χ1) is 9.24. The van der Waals surface area contributed by atoms with Crippen molar-refractivity contribution in [2.75, 3.05) is 24.5 Å². The van der Waals surface area contributed by atoms with Crippen LogP contribution in [-0.4, -0.2) is 40.9 Å². The molecule has 1 aliphatic heterocycles. The molecule has 0 saturated carbocycles. The number of hydrogen-bond acceptors (Lipinski definition) is 4. The van der Waals surface area contributed by atoms with Gasteiger partial charge in [-0.2, -0.15) is 4.98 Å². The number of nitrogens with one attached hydrogen (secondary N) is 2. The summed E-state index contributed by atoms with van der Waals surface area (Å²) in [7, 11) is 0. The van der Waals surface area contributed by atoms with Crippen molar-refractivity contribution in [2.45, 2.75) is 13.0 Å². The molecule has 6 heteroatoms. The molecule has 0 amide bonds. The van der Waals surface area contributed by atoms with Gasteiger partial charge in [-0.3, -0.25) is 5.10 Å². The van der Waals surface area contributed by atoms with Crippen LogP contribution in [0.4, 0.5) is 5.95 Å². The van der Waals surface area contributed by atoms with E-state index in [1.807, 2.05) is 24.3 Å². The maximum atomic E-state index is 4.60. The molecule has 0 unspecified atom stereocenters. The topological polar surface area (TPSA) is 56.8 Å². The molecule has 1 aromatic heterocycles. The zero-order chi connectivity index (χ0) is 13.2. The summed E-state index contributed by atoms with van der Waals surface area (Å²) >= 11 is 3.54. The average Bonchev–Trinajstić information content (AvgIpc) is 2.89. The van der Waals surface area contributed by atoms with Crippen LogP contribution in [0.2, 0.25) is 0 Å². The number of aromatic nitrogens is 3. The minimum atomic E-state index is 0.471. The van der Waals surface area contributed by atoms with Crippen LogP contribution in [0.15, 0.2) is 28.7 Å². The first-order valence-corrected chi connectivity index (χ1v) is 7.19. The number of halogens is 1. The fourth-order valence-electron chi connectivity index (χ4n) is 2.28. The summed E-state index contributed by atoms with van der Waals surface area (Å²) in [5.74, 6) is 1.58. The summed E-state index contributed by atoms with van der Waals surface area (Å²) in [5, 5.41) is 10.8. The fourth-order valence-corrected chi connectivity index (χ4v) is 2.75. The third-order valence-electron chi connectivity index (χ3n) is 3.25. The Hall–Kier alpha value is -1.40. The molecule has 1 aromatic carbocycles. The van der Waals surface area contributed by atoms with Crippen LogP contribution in [0.5, 0.6) is 0 Å². The van der Waals surface area contributed by atoms with Crippen LogP contribution >= 0.6 is 15.9 Å². The van der Waals surface area contributed by atoms with Crippen LogP contribution in [0.3, 0.4) is 0 Å². The van der Waals surface area contributed by atoms with E-state index in [4.69, 9.17) is 0 Å². The smallest absolute Gasteiger partial charge is 0.245 e. The molecule has 1 aliphatic rings. The van der Waals surface area contributed by atoms with Gasteiger partial charge >= 0.3 is 0 Å². The Morgan fingerprint density at radius 1 is 1.37 bits per heavy atom. The van der Waals surface area contributed by atoms with Gasteiger partial charge in [0.25, 0.3) is 0 Å². The Morgan fingerprint density at radius 3 is 3.00 bits per heavy atom. The standard InChI is InChI=1S/C13H16BrN5/c1-9-8-19(7-6-15-9)13-16-12(17-18-13)10-4-2-3-5-11(10)14/h2-5,9,15H,6-8H2,1H3,(H,16,17,18)/t9-/m0/s1. The van der Waals surface area contributed by atoms with Gasteiger partial charge in [0.05, 0.1) is 0 Å². The molecule has 1 saturated heterocycles. The number of aromatic amines is 1. The summed E-state index contributed by atoms with van der Waals surface area (Å²) in [6, 6.07) is 8.48. The highest BCUT2D eigenvalue weighted by molar-refractivity contribution is 9.10. The zero-order valence-electron chi connectivity index (χ0n) is 10.7. The van der Waals surface area contributed by atoms with Gasteiger partial charge < -0.3 is 10.2 Å². The second-order valence-electron chi connectivity index (χ2n) is 4.77. The Bertz CT molecular complexity index is 568. The lowest BCUT2D eigenvalue weighted by molar-refractivity contribution is 0.480. The Kier molecular flexibility index (Phi) is 3.52. The molecular formula is C13H16BrN5. The summed E-state index contributed by atoms with van der Waals surface area (Å²) in [6.07, 6.45) is 0. The molecule has 0 bridgehead atoms. The van der Waals surface area contributed by atoms with E-state index in [0.717, 1.165) is 41.4 Å². The van der Waals surface area contributed by atoms with E-state index in [9.17, 15) is 0 Å². The molecule has 2 heterocycles. The second kappa shape index (κ2) is 5.30. The molecule has 19 heavy (non-hydrogen) atoms. The highest BCUT2D eigenvalue weighted by Gasteiger charge is 2.19. The predicted octanol–water partition coefficient (Wildman–Crippen LogP) is 2.03. The normalized spacial score (nSPS) is 19.7. The van der Waals surface area contributed by atoms with Crippen molar-refractivity contribution in [1.29, 1.82) is 0 Å². The summed E-state index contributed by atoms with van der Waals surface area (Å²) in [5.41, 5.74) is 1.03. The monoisotopic (exact) mass is 321 g/mol. The quantitative estimate of drug-likeness (QED) is 0.888. The predicted molar refractivity (Wildman–Crippen MR) is 79.2 cm³/mol. The first-order valence-electron chi connectivity index (χ1n) is 6.39. The van der Waals surface area contributed by atoms with Gasteiger partial charge in [0.2, 0.25) is 5.95 Å². The molecule has 2 aromatic rings. The molecule has 0 spiro atoms. The first kappa shape index (κ1) is 12.6. The van der Waals surface area contributed by atoms with E-state index in [2.05, 4.69) is 48.3 Å². The van der Waals surface area contributed by atoms with E-state index in [-0.39, 0.29) is 0 Å². The number of anilines is 1. The van der Waals surface area contributed by atoms with Crippen molar-refractivity contribution in [1.82, 2.24) is 20.5 Å². The van der Waals surface area contributed by atoms with Gasteiger partial charge in [-0.1, -0.05) is 34.1 Å². The lowest BCUT2D eigenvalue weighted by atomic mass is 10.2. The number of benzene rings is 1. The third-order valence-corrected chi connectivity index (χ3v) is 3.95. The van der Waals surface area contributed by atoms with Crippen LogP contribution in [-0.2, 0) is 0 Å². The van der Waals surface area contributed by atoms with Crippen molar-refractivity contribution >= 4 is 21.9 Å². The fraction of sp³-hybridized carbons (Fsp3) is 0.385.